The van der Waals surface area contributed by atoms with Gasteiger partial charge in [0.2, 0.25) is 5.91 Å². The van der Waals surface area contributed by atoms with E-state index in [1.165, 1.54) is 34.7 Å². The normalized spacial score (nSPS) is 11.2. The third-order valence-corrected chi connectivity index (χ3v) is 6.59. The van der Waals surface area contributed by atoms with E-state index in [0.29, 0.717) is 40.3 Å². The van der Waals surface area contributed by atoms with Gasteiger partial charge in [0, 0.05) is 26.0 Å². The molecular formula is C20H26N6O5S2. The van der Waals surface area contributed by atoms with Crippen LogP contribution >= 0.6 is 23.1 Å². The zero-order valence-corrected chi connectivity index (χ0v) is 20.5. The van der Waals surface area contributed by atoms with Crippen LogP contribution in [0, 0.1) is 0 Å². The van der Waals surface area contributed by atoms with Gasteiger partial charge in [-0.15, -0.1) is 11.3 Å². The summed E-state index contributed by atoms with van der Waals surface area (Å²) in [6, 6.07) is 0. The number of hydrogen-bond acceptors (Lipinski definition) is 9. The summed E-state index contributed by atoms with van der Waals surface area (Å²) in [5.41, 5.74) is 0.305. The second-order valence-electron chi connectivity index (χ2n) is 7.24. The number of rotatable bonds is 10. The van der Waals surface area contributed by atoms with Crippen LogP contribution in [0.25, 0.3) is 11.2 Å². The highest BCUT2D eigenvalue weighted by atomic mass is 32.2. The number of carbonyl (C=O) groups is 2. The maximum absolute atomic E-state index is 12.8. The minimum atomic E-state index is -0.454. The van der Waals surface area contributed by atoms with Crippen molar-refractivity contribution < 1.29 is 14.3 Å². The Kier molecular flexibility index (Phi) is 8.08. The second-order valence-corrected chi connectivity index (χ2v) is 9.04. The maximum atomic E-state index is 12.8. The van der Waals surface area contributed by atoms with Gasteiger partial charge in [-0.05, 0) is 13.3 Å². The Balaban J connectivity index is 1.76. The van der Waals surface area contributed by atoms with E-state index in [4.69, 9.17) is 4.74 Å². The summed E-state index contributed by atoms with van der Waals surface area (Å²) in [7, 11) is 3.00. The van der Waals surface area contributed by atoms with Crippen LogP contribution < -0.4 is 16.6 Å². The van der Waals surface area contributed by atoms with Crippen molar-refractivity contribution >= 4 is 51.3 Å². The molecule has 0 fully saturated rings. The molecule has 0 saturated heterocycles. The number of thioether (sulfide) groups is 1. The molecule has 0 aliphatic rings. The molecular weight excluding hydrogens is 468 g/mol. The average molecular weight is 495 g/mol. The third-order valence-electron chi connectivity index (χ3n) is 4.81. The smallest absolute Gasteiger partial charge is 0.332 e. The molecule has 0 saturated carbocycles. The highest BCUT2D eigenvalue weighted by Crippen LogP contribution is 2.23. The lowest BCUT2D eigenvalue weighted by atomic mass is 10.3. The van der Waals surface area contributed by atoms with Crippen molar-refractivity contribution in [1.82, 2.24) is 23.7 Å². The molecule has 11 nitrogen and oxygen atoms in total. The summed E-state index contributed by atoms with van der Waals surface area (Å²) in [6.45, 7) is 4.62. The second kappa shape index (κ2) is 10.8. The first-order valence-corrected chi connectivity index (χ1v) is 12.3. The van der Waals surface area contributed by atoms with E-state index in [9.17, 15) is 19.2 Å². The molecule has 3 rings (SSSR count). The van der Waals surface area contributed by atoms with E-state index in [-0.39, 0.29) is 24.1 Å². The number of ether oxygens (including phenoxy) is 1. The highest BCUT2D eigenvalue weighted by Gasteiger charge is 2.20. The SMILES string of the molecule is CCCCn1c(SCC(=O)Nc2nc(CC(=O)OCC)cs2)nc2c1c(=O)n(C)c(=O)n2C. The number of thiazole rings is 1. The van der Waals surface area contributed by atoms with Gasteiger partial charge < -0.3 is 14.6 Å². The molecule has 0 radical (unpaired) electrons. The number of unbranched alkanes of at least 4 members (excludes halogenated alkanes) is 1. The Labute approximate surface area is 197 Å². The largest absolute Gasteiger partial charge is 0.466 e. The number of hydrogen-bond donors (Lipinski definition) is 1. The van der Waals surface area contributed by atoms with Gasteiger partial charge in [0.05, 0.1) is 24.5 Å². The van der Waals surface area contributed by atoms with Gasteiger partial charge >= 0.3 is 11.7 Å². The van der Waals surface area contributed by atoms with Crippen molar-refractivity contribution in [3.63, 3.8) is 0 Å². The lowest BCUT2D eigenvalue weighted by Crippen LogP contribution is -2.37. The van der Waals surface area contributed by atoms with Crippen molar-refractivity contribution in [2.75, 3.05) is 17.7 Å². The van der Waals surface area contributed by atoms with Gasteiger partial charge in [-0.2, -0.15) is 0 Å². The number of aryl methyl sites for hydroxylation is 2. The van der Waals surface area contributed by atoms with Crippen LogP contribution in [-0.4, -0.2) is 47.9 Å². The van der Waals surface area contributed by atoms with Crippen molar-refractivity contribution in [3.05, 3.63) is 31.9 Å². The predicted octanol–water partition coefficient (Wildman–Crippen LogP) is 1.53. The fourth-order valence-electron chi connectivity index (χ4n) is 3.15. The third kappa shape index (κ3) is 5.53. The Hall–Kier alpha value is -2.93. The Morgan fingerprint density at radius 2 is 1.94 bits per heavy atom. The van der Waals surface area contributed by atoms with E-state index in [1.54, 1.807) is 23.9 Å². The molecule has 0 atom stereocenters. The average Bonchev–Trinajstić information content (AvgIpc) is 3.37. The monoisotopic (exact) mass is 494 g/mol. The zero-order valence-electron chi connectivity index (χ0n) is 18.9. The Morgan fingerprint density at radius 3 is 2.64 bits per heavy atom. The molecule has 0 aliphatic carbocycles. The summed E-state index contributed by atoms with van der Waals surface area (Å²) in [5, 5.41) is 5.29. The standard InChI is InChI=1S/C20H26N6O5S2/c1-5-7-8-26-15-16(24(3)20(30)25(4)17(15)29)23-19(26)33-11-13(27)22-18-21-12(10-32-18)9-14(28)31-6-2/h10H,5-9,11H2,1-4H3,(H,21,22,27). The molecule has 0 spiro atoms. The first-order valence-electron chi connectivity index (χ1n) is 10.5. The first-order chi connectivity index (χ1) is 15.8. The lowest BCUT2D eigenvalue weighted by molar-refractivity contribution is -0.142. The quantitative estimate of drug-likeness (QED) is 0.332. The van der Waals surface area contributed by atoms with Crippen LogP contribution in [-0.2, 0) is 41.4 Å². The summed E-state index contributed by atoms with van der Waals surface area (Å²) in [5.74, 6) is -0.632. The number of imidazole rings is 1. The van der Waals surface area contributed by atoms with Crippen molar-refractivity contribution in [2.45, 2.75) is 44.8 Å². The maximum Gasteiger partial charge on any atom is 0.332 e. The lowest BCUT2D eigenvalue weighted by Gasteiger charge is -2.08. The molecule has 0 aromatic carbocycles. The van der Waals surface area contributed by atoms with Crippen molar-refractivity contribution in [2.24, 2.45) is 14.1 Å². The number of nitrogens with zero attached hydrogens (tertiary/aromatic N) is 5. The predicted molar refractivity (Wildman–Crippen MR) is 127 cm³/mol. The van der Waals surface area contributed by atoms with Gasteiger partial charge in [0.1, 0.15) is 0 Å². The number of carbonyl (C=O) groups excluding carboxylic acids is 2. The molecule has 33 heavy (non-hydrogen) atoms. The fourth-order valence-corrected chi connectivity index (χ4v) is 4.70. The van der Waals surface area contributed by atoms with Gasteiger partial charge in [-0.25, -0.2) is 14.8 Å². The van der Waals surface area contributed by atoms with Crippen molar-refractivity contribution in [3.8, 4) is 0 Å². The van der Waals surface area contributed by atoms with E-state index < -0.39 is 11.2 Å². The molecule has 3 aromatic rings. The van der Waals surface area contributed by atoms with Crippen LogP contribution in [0.1, 0.15) is 32.4 Å². The first kappa shape index (κ1) is 24.7. The minimum absolute atomic E-state index is 0.0382. The van der Waals surface area contributed by atoms with E-state index in [0.717, 1.165) is 17.4 Å². The Morgan fingerprint density at radius 1 is 1.18 bits per heavy atom. The molecule has 178 valence electrons. The number of fused-ring (bicyclic) bond motifs is 1. The number of aromatic nitrogens is 5. The van der Waals surface area contributed by atoms with Gasteiger partial charge in [0.15, 0.2) is 21.5 Å². The van der Waals surface area contributed by atoms with Crippen LogP contribution in [0.2, 0.25) is 0 Å². The molecule has 0 bridgehead atoms. The van der Waals surface area contributed by atoms with Gasteiger partial charge in [-0.1, -0.05) is 25.1 Å². The molecule has 3 heterocycles. The van der Waals surface area contributed by atoms with Crippen LogP contribution in [0.5, 0.6) is 0 Å². The van der Waals surface area contributed by atoms with E-state index >= 15 is 0 Å². The van der Waals surface area contributed by atoms with Gasteiger partial charge in [-0.3, -0.25) is 23.5 Å². The fraction of sp³-hybridized carbons (Fsp3) is 0.500. The number of esters is 1. The number of amides is 1. The Bertz CT molecular complexity index is 1290. The summed E-state index contributed by atoms with van der Waals surface area (Å²) < 4.78 is 9.07. The molecule has 13 heteroatoms. The van der Waals surface area contributed by atoms with Crippen LogP contribution in [0.15, 0.2) is 20.1 Å². The number of anilines is 1. The van der Waals surface area contributed by atoms with E-state index in [1.807, 2.05) is 6.92 Å². The van der Waals surface area contributed by atoms with Crippen molar-refractivity contribution in [1.29, 1.82) is 0 Å². The highest BCUT2D eigenvalue weighted by molar-refractivity contribution is 7.99. The minimum Gasteiger partial charge on any atom is -0.466 e. The number of nitrogens with one attached hydrogen (secondary N) is 1. The van der Waals surface area contributed by atoms with Crippen LogP contribution in [0.4, 0.5) is 5.13 Å². The zero-order chi connectivity index (χ0) is 24.1. The topological polar surface area (TPSA) is 130 Å². The van der Waals surface area contributed by atoms with E-state index in [2.05, 4.69) is 15.3 Å². The molecule has 1 amide bonds. The van der Waals surface area contributed by atoms with Gasteiger partial charge in [0.25, 0.3) is 5.56 Å². The molecule has 0 aliphatic heterocycles. The summed E-state index contributed by atoms with van der Waals surface area (Å²) in [6.07, 6.45) is 1.78. The summed E-state index contributed by atoms with van der Waals surface area (Å²) in [4.78, 5) is 57.8. The molecule has 3 aromatic heterocycles. The molecule has 0 unspecified atom stereocenters. The summed E-state index contributed by atoms with van der Waals surface area (Å²) >= 11 is 2.40. The molecule has 1 N–H and O–H groups in total. The van der Waals surface area contributed by atoms with Crippen LogP contribution in [0.3, 0.4) is 0 Å².